The van der Waals surface area contributed by atoms with E-state index in [1.54, 1.807) is 0 Å². The van der Waals surface area contributed by atoms with E-state index in [1.807, 2.05) is 19.1 Å². The lowest BCUT2D eigenvalue weighted by Gasteiger charge is -2.10. The Labute approximate surface area is 114 Å². The second-order valence-electron chi connectivity index (χ2n) is 4.61. The molecule has 0 bridgehead atoms. The van der Waals surface area contributed by atoms with E-state index in [0.717, 1.165) is 24.3 Å². The van der Waals surface area contributed by atoms with Gasteiger partial charge in [-0.15, -0.1) is 0 Å². The van der Waals surface area contributed by atoms with Gasteiger partial charge in [-0.25, -0.2) is 0 Å². The summed E-state index contributed by atoms with van der Waals surface area (Å²) in [6.45, 7) is 4.48. The topological polar surface area (TPSA) is 26.3 Å². The van der Waals surface area contributed by atoms with Gasteiger partial charge >= 0.3 is 5.97 Å². The zero-order chi connectivity index (χ0) is 13.4. The van der Waals surface area contributed by atoms with Crippen molar-refractivity contribution in [3.05, 3.63) is 34.9 Å². The van der Waals surface area contributed by atoms with Crippen molar-refractivity contribution in [2.24, 2.45) is 5.92 Å². The molecule has 0 aliphatic carbocycles. The van der Waals surface area contributed by atoms with Crippen molar-refractivity contribution in [1.82, 2.24) is 0 Å². The number of carbonyl (C=O) groups excluding carboxylic acids is 1. The summed E-state index contributed by atoms with van der Waals surface area (Å²) in [5, 5.41) is 0.772. The number of aryl methyl sites for hydroxylation is 1. The molecule has 0 aliphatic heterocycles. The lowest BCUT2D eigenvalue weighted by atomic mass is 9.97. The zero-order valence-corrected chi connectivity index (χ0v) is 11.9. The Morgan fingerprint density at radius 2 is 1.94 bits per heavy atom. The highest BCUT2D eigenvalue weighted by molar-refractivity contribution is 6.30. The first-order valence-electron chi connectivity index (χ1n) is 6.52. The average molecular weight is 269 g/mol. The minimum atomic E-state index is -0.0872. The smallest absolute Gasteiger partial charge is 0.305 e. The van der Waals surface area contributed by atoms with E-state index in [-0.39, 0.29) is 5.97 Å². The minimum absolute atomic E-state index is 0.0872. The number of esters is 1. The Hall–Kier alpha value is -1.02. The summed E-state index contributed by atoms with van der Waals surface area (Å²) in [5.41, 5.74) is 1.29. The fourth-order valence-electron chi connectivity index (χ4n) is 1.81. The molecule has 100 valence electrons. The van der Waals surface area contributed by atoms with E-state index in [4.69, 9.17) is 16.3 Å². The molecule has 0 heterocycles. The maximum atomic E-state index is 11.2. The maximum Gasteiger partial charge on any atom is 0.305 e. The van der Waals surface area contributed by atoms with Crippen molar-refractivity contribution in [2.45, 2.75) is 39.5 Å². The van der Waals surface area contributed by atoms with Crippen LogP contribution in [0.4, 0.5) is 0 Å². The van der Waals surface area contributed by atoms with Gasteiger partial charge in [0.15, 0.2) is 0 Å². The fraction of sp³-hybridized carbons (Fsp3) is 0.533. The quantitative estimate of drug-likeness (QED) is 0.691. The van der Waals surface area contributed by atoms with Crippen LogP contribution in [0.2, 0.25) is 5.02 Å². The van der Waals surface area contributed by atoms with Crippen LogP contribution in [-0.4, -0.2) is 12.6 Å². The molecule has 1 rings (SSSR count). The first-order valence-corrected chi connectivity index (χ1v) is 6.89. The summed E-state index contributed by atoms with van der Waals surface area (Å²) in [4.78, 5) is 11.2. The van der Waals surface area contributed by atoms with E-state index in [9.17, 15) is 4.79 Å². The third-order valence-corrected chi connectivity index (χ3v) is 3.24. The van der Waals surface area contributed by atoms with Crippen molar-refractivity contribution in [3.8, 4) is 0 Å². The van der Waals surface area contributed by atoms with Crippen LogP contribution in [0.3, 0.4) is 0 Å². The summed E-state index contributed by atoms with van der Waals surface area (Å²) >= 11 is 5.84. The number of halogens is 1. The molecule has 1 aromatic rings. The fourth-order valence-corrected chi connectivity index (χ4v) is 1.93. The van der Waals surface area contributed by atoms with Crippen molar-refractivity contribution in [1.29, 1.82) is 0 Å². The van der Waals surface area contributed by atoms with Gasteiger partial charge in [0.05, 0.1) is 6.61 Å². The Morgan fingerprint density at radius 3 is 2.56 bits per heavy atom. The van der Waals surface area contributed by atoms with Gasteiger partial charge in [0.25, 0.3) is 0 Å². The molecule has 0 aliphatic rings. The molecule has 3 heteroatoms. The molecule has 0 aromatic heterocycles. The molecule has 1 atom stereocenters. The number of hydrogen-bond donors (Lipinski definition) is 0. The molecule has 0 radical (unpaired) electrons. The molecule has 0 spiro atoms. The minimum Gasteiger partial charge on any atom is -0.466 e. The molecule has 0 fully saturated rings. The van der Waals surface area contributed by atoms with Gasteiger partial charge in [-0.05, 0) is 49.8 Å². The van der Waals surface area contributed by atoms with Crippen LogP contribution in [0, 0.1) is 5.92 Å². The van der Waals surface area contributed by atoms with E-state index in [1.165, 1.54) is 5.56 Å². The van der Waals surface area contributed by atoms with Crippen molar-refractivity contribution < 1.29 is 9.53 Å². The second-order valence-corrected chi connectivity index (χ2v) is 5.05. The molecule has 0 saturated carbocycles. The van der Waals surface area contributed by atoms with E-state index < -0.39 is 0 Å². The first kappa shape index (κ1) is 15.0. The largest absolute Gasteiger partial charge is 0.466 e. The highest BCUT2D eigenvalue weighted by Gasteiger charge is 2.07. The summed E-state index contributed by atoms with van der Waals surface area (Å²) in [6, 6.07) is 7.95. The lowest BCUT2D eigenvalue weighted by molar-refractivity contribution is -0.143. The van der Waals surface area contributed by atoms with Crippen LogP contribution >= 0.6 is 11.6 Å². The molecule has 0 N–H and O–H groups in total. The van der Waals surface area contributed by atoms with E-state index in [0.29, 0.717) is 18.9 Å². The van der Waals surface area contributed by atoms with Gasteiger partial charge < -0.3 is 4.74 Å². The number of carbonyl (C=O) groups is 1. The summed E-state index contributed by atoms with van der Waals surface area (Å²) < 4.78 is 4.91. The monoisotopic (exact) mass is 268 g/mol. The average Bonchev–Trinajstić information content (AvgIpc) is 2.36. The van der Waals surface area contributed by atoms with Crippen LogP contribution in [0.25, 0.3) is 0 Å². The van der Waals surface area contributed by atoms with Gasteiger partial charge in [-0.1, -0.05) is 30.7 Å². The molecular formula is C15H21ClO2. The Morgan fingerprint density at radius 1 is 1.28 bits per heavy atom. The van der Waals surface area contributed by atoms with Gasteiger partial charge in [0, 0.05) is 11.4 Å². The van der Waals surface area contributed by atoms with Crippen LogP contribution in [0.5, 0.6) is 0 Å². The van der Waals surface area contributed by atoms with Crippen LogP contribution in [0.1, 0.15) is 38.7 Å². The third-order valence-electron chi connectivity index (χ3n) is 2.99. The van der Waals surface area contributed by atoms with Crippen molar-refractivity contribution in [2.75, 3.05) is 6.61 Å². The molecule has 1 aromatic carbocycles. The SMILES string of the molecule is CCOC(=O)CCC(C)CCc1ccc(Cl)cc1. The lowest BCUT2D eigenvalue weighted by Crippen LogP contribution is -2.07. The summed E-state index contributed by atoms with van der Waals surface area (Å²) in [7, 11) is 0. The van der Waals surface area contributed by atoms with Crippen LogP contribution in [-0.2, 0) is 16.0 Å². The third kappa shape index (κ3) is 6.06. The summed E-state index contributed by atoms with van der Waals surface area (Å²) in [6.07, 6.45) is 3.53. The van der Waals surface area contributed by atoms with Gasteiger partial charge in [-0.3, -0.25) is 4.79 Å². The number of hydrogen-bond acceptors (Lipinski definition) is 2. The van der Waals surface area contributed by atoms with E-state index >= 15 is 0 Å². The van der Waals surface area contributed by atoms with Gasteiger partial charge in [0.1, 0.15) is 0 Å². The standard InChI is InChI=1S/C15H21ClO2/c1-3-18-15(17)11-5-12(2)4-6-13-7-9-14(16)10-8-13/h7-10,12H,3-6,11H2,1-2H3. The highest BCUT2D eigenvalue weighted by atomic mass is 35.5. The molecule has 18 heavy (non-hydrogen) atoms. The Bertz CT molecular complexity index is 359. The Kier molecular flexibility index (Phi) is 6.81. The molecule has 0 amide bonds. The predicted octanol–water partition coefficient (Wildman–Crippen LogP) is 4.25. The number of benzene rings is 1. The molecule has 2 nitrogen and oxygen atoms in total. The zero-order valence-electron chi connectivity index (χ0n) is 11.1. The van der Waals surface area contributed by atoms with Gasteiger partial charge in [0.2, 0.25) is 0 Å². The molecular weight excluding hydrogens is 248 g/mol. The van der Waals surface area contributed by atoms with E-state index in [2.05, 4.69) is 19.1 Å². The van der Waals surface area contributed by atoms with Crippen molar-refractivity contribution in [3.63, 3.8) is 0 Å². The highest BCUT2D eigenvalue weighted by Crippen LogP contribution is 2.16. The maximum absolute atomic E-state index is 11.2. The molecule has 0 saturated heterocycles. The number of rotatable bonds is 7. The van der Waals surface area contributed by atoms with Gasteiger partial charge in [-0.2, -0.15) is 0 Å². The predicted molar refractivity (Wildman–Crippen MR) is 74.8 cm³/mol. The number of ether oxygens (including phenoxy) is 1. The van der Waals surface area contributed by atoms with Crippen LogP contribution in [0.15, 0.2) is 24.3 Å². The first-order chi connectivity index (χ1) is 8.61. The molecule has 1 unspecified atom stereocenters. The second kappa shape index (κ2) is 8.15. The summed E-state index contributed by atoms with van der Waals surface area (Å²) in [5.74, 6) is 0.445. The van der Waals surface area contributed by atoms with Crippen molar-refractivity contribution >= 4 is 17.6 Å². The van der Waals surface area contributed by atoms with Crippen LogP contribution < -0.4 is 0 Å². The Balaban J connectivity index is 2.22. The normalized spacial score (nSPS) is 12.2.